The molecule has 118 valence electrons. The van der Waals surface area contributed by atoms with Crippen molar-refractivity contribution in [3.8, 4) is 11.5 Å². The molecule has 1 aromatic carbocycles. The fraction of sp³-hybridized carbons (Fsp3) is 0.625. The second-order valence-corrected chi connectivity index (χ2v) is 5.61. The highest BCUT2D eigenvalue weighted by Crippen LogP contribution is 2.43. The number of methoxy groups -OCH3 is 3. The van der Waals surface area contributed by atoms with Crippen LogP contribution in [0.1, 0.15) is 23.6 Å². The summed E-state index contributed by atoms with van der Waals surface area (Å²) in [5, 5.41) is 0. The van der Waals surface area contributed by atoms with E-state index in [1.165, 1.54) is 0 Å². The molecule has 0 saturated carbocycles. The van der Waals surface area contributed by atoms with Gasteiger partial charge in [0.25, 0.3) is 0 Å². The van der Waals surface area contributed by atoms with Crippen molar-refractivity contribution in [1.29, 1.82) is 0 Å². The lowest BCUT2D eigenvalue weighted by atomic mass is 9.97. The smallest absolute Gasteiger partial charge is 0.166 e. The van der Waals surface area contributed by atoms with E-state index in [1.807, 2.05) is 0 Å². The Kier molecular flexibility index (Phi) is 5.45. The maximum Gasteiger partial charge on any atom is 0.166 e. The van der Waals surface area contributed by atoms with Crippen LogP contribution in [0.4, 0.5) is 0 Å². The van der Waals surface area contributed by atoms with Crippen molar-refractivity contribution in [2.75, 3.05) is 41.5 Å². The Bertz CT molecular complexity index is 479. The van der Waals surface area contributed by atoms with Crippen molar-refractivity contribution in [2.24, 2.45) is 11.7 Å². The second kappa shape index (κ2) is 7.11. The van der Waals surface area contributed by atoms with Gasteiger partial charge in [-0.3, -0.25) is 4.90 Å². The van der Waals surface area contributed by atoms with Gasteiger partial charge in [0.2, 0.25) is 0 Å². The van der Waals surface area contributed by atoms with Crippen LogP contribution in [0.2, 0.25) is 0 Å². The van der Waals surface area contributed by atoms with Crippen LogP contribution in [-0.2, 0) is 11.3 Å². The number of ether oxygens (including phenoxy) is 3. The zero-order chi connectivity index (χ0) is 15.4. The molecule has 0 radical (unpaired) electrons. The summed E-state index contributed by atoms with van der Waals surface area (Å²) >= 11 is 0. The molecule has 2 unspecified atom stereocenters. The molecule has 0 amide bonds. The second-order valence-electron chi connectivity index (χ2n) is 5.61. The normalized spacial score (nSPS) is 22.5. The molecule has 0 spiro atoms. The Morgan fingerprint density at radius 1 is 1.19 bits per heavy atom. The first-order valence-electron chi connectivity index (χ1n) is 7.29. The Labute approximate surface area is 127 Å². The van der Waals surface area contributed by atoms with Gasteiger partial charge in [-0.2, -0.15) is 0 Å². The van der Waals surface area contributed by atoms with Gasteiger partial charge in [0, 0.05) is 30.8 Å². The summed E-state index contributed by atoms with van der Waals surface area (Å²) in [6.07, 6.45) is 1.05. The lowest BCUT2D eigenvalue weighted by molar-refractivity contribution is 0.180. The van der Waals surface area contributed by atoms with Crippen molar-refractivity contribution in [1.82, 2.24) is 4.90 Å². The summed E-state index contributed by atoms with van der Waals surface area (Å²) in [4.78, 5) is 2.34. The van der Waals surface area contributed by atoms with Crippen LogP contribution >= 0.6 is 0 Å². The van der Waals surface area contributed by atoms with Crippen LogP contribution in [0.5, 0.6) is 11.5 Å². The molecule has 0 aliphatic carbocycles. The van der Waals surface area contributed by atoms with E-state index in [9.17, 15) is 0 Å². The van der Waals surface area contributed by atoms with E-state index in [0.717, 1.165) is 42.1 Å². The van der Waals surface area contributed by atoms with Crippen LogP contribution in [0.3, 0.4) is 0 Å². The van der Waals surface area contributed by atoms with E-state index in [2.05, 4.69) is 24.1 Å². The van der Waals surface area contributed by atoms with Gasteiger partial charge in [0.15, 0.2) is 11.5 Å². The Morgan fingerprint density at radius 2 is 1.90 bits per heavy atom. The van der Waals surface area contributed by atoms with Crippen molar-refractivity contribution in [2.45, 2.75) is 19.1 Å². The maximum absolute atomic E-state index is 5.83. The minimum absolute atomic E-state index is 0.319. The van der Waals surface area contributed by atoms with E-state index >= 15 is 0 Å². The third-order valence-electron chi connectivity index (χ3n) is 4.26. The molecule has 5 heteroatoms. The fourth-order valence-corrected chi connectivity index (χ4v) is 3.22. The Morgan fingerprint density at radius 3 is 2.43 bits per heavy atom. The van der Waals surface area contributed by atoms with E-state index in [1.54, 1.807) is 21.3 Å². The average molecular weight is 294 g/mol. The highest BCUT2D eigenvalue weighted by molar-refractivity contribution is 5.53. The molecule has 5 nitrogen and oxygen atoms in total. The molecule has 2 atom stereocenters. The van der Waals surface area contributed by atoms with Gasteiger partial charge in [0.1, 0.15) is 0 Å². The highest BCUT2D eigenvalue weighted by atomic mass is 16.5. The monoisotopic (exact) mass is 294 g/mol. The van der Waals surface area contributed by atoms with Gasteiger partial charge in [-0.05, 0) is 25.9 Å². The highest BCUT2D eigenvalue weighted by Gasteiger charge is 2.32. The minimum atomic E-state index is 0.319. The number of hydrogen-bond donors (Lipinski definition) is 1. The average Bonchev–Trinajstić information content (AvgIpc) is 2.88. The SMILES string of the molecule is COCc1ccc(C2CC(CN)CN2C)c(OC)c1OC. The molecule has 0 bridgehead atoms. The van der Waals surface area contributed by atoms with Crippen molar-refractivity contribution < 1.29 is 14.2 Å². The summed E-state index contributed by atoms with van der Waals surface area (Å²) in [7, 11) is 7.17. The first kappa shape index (κ1) is 16.1. The summed E-state index contributed by atoms with van der Waals surface area (Å²) in [5.41, 5.74) is 7.98. The number of likely N-dealkylation sites (tertiary alicyclic amines) is 1. The molecule has 1 aliphatic rings. The fourth-order valence-electron chi connectivity index (χ4n) is 3.22. The lowest BCUT2D eigenvalue weighted by Crippen LogP contribution is -2.21. The van der Waals surface area contributed by atoms with Gasteiger partial charge in [-0.15, -0.1) is 0 Å². The lowest BCUT2D eigenvalue weighted by Gasteiger charge is -2.24. The number of hydrogen-bond acceptors (Lipinski definition) is 5. The molecule has 2 N–H and O–H groups in total. The van der Waals surface area contributed by atoms with Gasteiger partial charge in [-0.1, -0.05) is 12.1 Å². The zero-order valence-corrected chi connectivity index (χ0v) is 13.4. The van der Waals surface area contributed by atoms with Gasteiger partial charge in [-0.25, -0.2) is 0 Å². The molecule has 1 fully saturated rings. The summed E-state index contributed by atoms with van der Waals surface area (Å²) in [6.45, 7) is 2.25. The quantitative estimate of drug-likeness (QED) is 0.867. The van der Waals surface area contributed by atoms with Crippen molar-refractivity contribution in [3.63, 3.8) is 0 Å². The molecular weight excluding hydrogens is 268 g/mol. The van der Waals surface area contributed by atoms with Crippen LogP contribution in [0.25, 0.3) is 0 Å². The van der Waals surface area contributed by atoms with Gasteiger partial charge >= 0.3 is 0 Å². The molecular formula is C16H26N2O3. The number of rotatable bonds is 6. The first-order valence-corrected chi connectivity index (χ1v) is 7.29. The van der Waals surface area contributed by atoms with Crippen LogP contribution < -0.4 is 15.2 Å². The van der Waals surface area contributed by atoms with E-state index < -0.39 is 0 Å². The predicted molar refractivity (Wildman–Crippen MR) is 82.8 cm³/mol. The first-order chi connectivity index (χ1) is 10.2. The minimum Gasteiger partial charge on any atom is -0.492 e. The number of nitrogens with zero attached hydrogens (tertiary/aromatic N) is 1. The zero-order valence-electron chi connectivity index (χ0n) is 13.4. The van der Waals surface area contributed by atoms with E-state index in [-0.39, 0.29) is 0 Å². The molecule has 21 heavy (non-hydrogen) atoms. The van der Waals surface area contributed by atoms with E-state index in [4.69, 9.17) is 19.9 Å². The van der Waals surface area contributed by atoms with Gasteiger partial charge < -0.3 is 19.9 Å². The molecule has 1 saturated heterocycles. The summed E-state index contributed by atoms with van der Waals surface area (Å²) < 4.78 is 16.4. The maximum atomic E-state index is 5.83. The summed E-state index contributed by atoms with van der Waals surface area (Å²) in [5.74, 6) is 2.11. The van der Waals surface area contributed by atoms with Crippen LogP contribution in [0.15, 0.2) is 12.1 Å². The van der Waals surface area contributed by atoms with Crippen molar-refractivity contribution >= 4 is 0 Å². The molecule has 1 aliphatic heterocycles. The Hall–Kier alpha value is -1.30. The van der Waals surface area contributed by atoms with Gasteiger partial charge in [0.05, 0.1) is 20.8 Å². The van der Waals surface area contributed by atoms with Crippen LogP contribution in [-0.4, -0.2) is 46.4 Å². The standard InChI is InChI=1S/C16H26N2O3/c1-18-9-11(8-17)7-14(18)13-6-5-12(10-19-2)15(20-3)16(13)21-4/h5-6,11,14H,7-10,17H2,1-4H3. The largest absolute Gasteiger partial charge is 0.492 e. The molecule has 2 rings (SSSR count). The van der Waals surface area contributed by atoms with E-state index in [0.29, 0.717) is 18.6 Å². The topological polar surface area (TPSA) is 57.0 Å². The van der Waals surface area contributed by atoms with Crippen molar-refractivity contribution in [3.05, 3.63) is 23.3 Å². The molecule has 0 aromatic heterocycles. The summed E-state index contributed by atoms with van der Waals surface area (Å²) in [6, 6.07) is 4.50. The third kappa shape index (κ3) is 3.15. The number of benzene rings is 1. The number of nitrogens with two attached hydrogens (primary N) is 1. The predicted octanol–water partition coefficient (Wildman–Crippen LogP) is 1.80. The Balaban J connectivity index is 2.40. The third-order valence-corrected chi connectivity index (χ3v) is 4.26. The van der Waals surface area contributed by atoms with Crippen LogP contribution in [0, 0.1) is 5.92 Å². The molecule has 1 heterocycles. The molecule has 1 aromatic rings.